The Morgan fingerprint density at radius 2 is 1.96 bits per heavy atom. The first-order chi connectivity index (χ1) is 12.1. The molecule has 126 valence electrons. The Balaban J connectivity index is 1.89. The highest BCUT2D eigenvalue weighted by Gasteiger charge is 2.40. The Morgan fingerprint density at radius 3 is 2.68 bits per heavy atom. The van der Waals surface area contributed by atoms with E-state index in [-0.39, 0.29) is 17.7 Å². The minimum Gasteiger partial charge on any atom is -0.504 e. The van der Waals surface area contributed by atoms with E-state index in [0.29, 0.717) is 11.4 Å². The van der Waals surface area contributed by atoms with Crippen molar-refractivity contribution in [2.24, 2.45) is 0 Å². The number of aromatic nitrogens is 2. The SMILES string of the molecule is COc1cc(C2c3c(-c4ccccc4)n[nH]c3C(=O)N2C)ccc1O. The quantitative estimate of drug-likeness (QED) is 0.771. The van der Waals surface area contributed by atoms with Crippen molar-refractivity contribution < 1.29 is 14.6 Å². The van der Waals surface area contributed by atoms with Crippen LogP contribution in [0.1, 0.15) is 27.7 Å². The molecule has 1 aromatic heterocycles. The first-order valence-electron chi connectivity index (χ1n) is 7.89. The number of carbonyl (C=O) groups is 1. The van der Waals surface area contributed by atoms with Gasteiger partial charge in [0.1, 0.15) is 5.69 Å². The third kappa shape index (κ3) is 2.26. The number of carbonyl (C=O) groups excluding carboxylic acids is 1. The number of rotatable bonds is 3. The molecule has 0 aliphatic carbocycles. The Bertz CT molecular complexity index is 950. The van der Waals surface area contributed by atoms with Crippen LogP contribution < -0.4 is 4.74 Å². The third-order valence-electron chi connectivity index (χ3n) is 4.57. The number of nitrogens with zero attached hydrogens (tertiary/aromatic N) is 2. The number of H-pyrrole nitrogens is 1. The van der Waals surface area contributed by atoms with Crippen molar-refractivity contribution in [3.05, 3.63) is 65.4 Å². The number of phenols is 1. The van der Waals surface area contributed by atoms with Gasteiger partial charge in [0.2, 0.25) is 0 Å². The summed E-state index contributed by atoms with van der Waals surface area (Å²) in [6.45, 7) is 0. The number of phenolic OH excluding ortho intramolecular Hbond substituents is 1. The maximum Gasteiger partial charge on any atom is 0.272 e. The molecule has 6 nitrogen and oxygen atoms in total. The first kappa shape index (κ1) is 15.3. The van der Waals surface area contributed by atoms with Gasteiger partial charge in [0, 0.05) is 18.2 Å². The van der Waals surface area contributed by atoms with Crippen LogP contribution in [0.15, 0.2) is 48.5 Å². The summed E-state index contributed by atoms with van der Waals surface area (Å²) in [6, 6.07) is 14.6. The van der Waals surface area contributed by atoms with Crippen LogP contribution in [0.5, 0.6) is 11.5 Å². The summed E-state index contributed by atoms with van der Waals surface area (Å²) in [5.74, 6) is 0.326. The molecule has 1 aliphatic heterocycles. The average Bonchev–Trinajstić information content (AvgIpc) is 3.17. The fourth-order valence-electron chi connectivity index (χ4n) is 3.34. The maximum atomic E-state index is 12.6. The molecular weight excluding hydrogens is 318 g/mol. The van der Waals surface area contributed by atoms with Crippen molar-refractivity contribution in [1.29, 1.82) is 0 Å². The average molecular weight is 335 g/mol. The minimum absolute atomic E-state index is 0.0638. The van der Waals surface area contributed by atoms with Crippen LogP contribution in [0.3, 0.4) is 0 Å². The van der Waals surface area contributed by atoms with Crippen molar-refractivity contribution in [3.63, 3.8) is 0 Å². The summed E-state index contributed by atoms with van der Waals surface area (Å²) >= 11 is 0. The van der Waals surface area contributed by atoms with Gasteiger partial charge in [-0.1, -0.05) is 36.4 Å². The topological polar surface area (TPSA) is 78.5 Å². The zero-order valence-corrected chi connectivity index (χ0v) is 13.9. The summed E-state index contributed by atoms with van der Waals surface area (Å²) in [6.07, 6.45) is 0. The van der Waals surface area contributed by atoms with E-state index in [0.717, 1.165) is 22.4 Å². The number of benzene rings is 2. The molecule has 0 bridgehead atoms. The van der Waals surface area contributed by atoms with E-state index in [9.17, 15) is 9.90 Å². The van der Waals surface area contributed by atoms with E-state index >= 15 is 0 Å². The summed E-state index contributed by atoms with van der Waals surface area (Å²) < 4.78 is 5.21. The van der Waals surface area contributed by atoms with Gasteiger partial charge in [-0.25, -0.2) is 0 Å². The van der Waals surface area contributed by atoms with Crippen LogP contribution in [0.2, 0.25) is 0 Å². The summed E-state index contributed by atoms with van der Waals surface area (Å²) in [4.78, 5) is 14.3. The lowest BCUT2D eigenvalue weighted by Gasteiger charge is -2.22. The molecule has 3 aromatic rings. The Labute approximate surface area is 144 Å². The van der Waals surface area contributed by atoms with E-state index in [1.807, 2.05) is 30.3 Å². The van der Waals surface area contributed by atoms with Crippen molar-refractivity contribution in [1.82, 2.24) is 15.1 Å². The Hall–Kier alpha value is -3.28. The second kappa shape index (κ2) is 5.66. The smallest absolute Gasteiger partial charge is 0.272 e. The van der Waals surface area contributed by atoms with E-state index in [1.165, 1.54) is 7.11 Å². The van der Waals surface area contributed by atoms with Crippen molar-refractivity contribution in [2.45, 2.75) is 6.04 Å². The number of aromatic amines is 1. The number of nitrogens with one attached hydrogen (secondary N) is 1. The Morgan fingerprint density at radius 1 is 1.20 bits per heavy atom. The van der Waals surface area contributed by atoms with Crippen molar-refractivity contribution >= 4 is 5.91 Å². The second-order valence-electron chi connectivity index (χ2n) is 5.98. The number of hydrogen-bond donors (Lipinski definition) is 2. The van der Waals surface area contributed by atoms with E-state index in [1.54, 1.807) is 30.1 Å². The number of ether oxygens (including phenoxy) is 1. The molecule has 6 heteroatoms. The van der Waals surface area contributed by atoms with Gasteiger partial charge in [0.15, 0.2) is 11.5 Å². The molecular formula is C19H17N3O3. The van der Waals surface area contributed by atoms with E-state index < -0.39 is 0 Å². The third-order valence-corrected chi connectivity index (χ3v) is 4.57. The second-order valence-corrected chi connectivity index (χ2v) is 5.98. The minimum atomic E-state index is -0.300. The molecule has 1 atom stereocenters. The van der Waals surface area contributed by atoms with Gasteiger partial charge in [-0.15, -0.1) is 0 Å². The van der Waals surface area contributed by atoms with Crippen molar-refractivity contribution in [2.75, 3.05) is 14.2 Å². The van der Waals surface area contributed by atoms with Gasteiger partial charge in [0.25, 0.3) is 5.91 Å². The molecule has 0 radical (unpaired) electrons. The fourth-order valence-corrected chi connectivity index (χ4v) is 3.34. The van der Waals surface area contributed by atoms with Crippen LogP contribution in [-0.2, 0) is 0 Å². The number of fused-ring (bicyclic) bond motifs is 1. The van der Waals surface area contributed by atoms with Crippen LogP contribution in [0.25, 0.3) is 11.3 Å². The van der Waals surface area contributed by atoms with Crippen LogP contribution in [0, 0.1) is 0 Å². The molecule has 2 heterocycles. The molecule has 0 saturated carbocycles. The lowest BCUT2D eigenvalue weighted by atomic mass is 9.96. The monoisotopic (exact) mass is 335 g/mol. The zero-order valence-electron chi connectivity index (χ0n) is 13.9. The number of methoxy groups -OCH3 is 1. The molecule has 0 spiro atoms. The first-order valence-corrected chi connectivity index (χ1v) is 7.89. The predicted octanol–water partition coefficient (Wildman–Crippen LogP) is 2.97. The standard InChI is InChI=1S/C19H17N3O3/c1-22-18(12-8-9-13(23)14(10-12)25-2)15-16(11-6-4-3-5-7-11)20-21-17(15)19(22)24/h3-10,18,23H,1-2H3,(H,20,21). The predicted molar refractivity (Wildman–Crippen MR) is 92.6 cm³/mol. The molecule has 0 saturated heterocycles. The summed E-state index contributed by atoms with van der Waals surface area (Å²) in [7, 11) is 3.26. The molecule has 0 fully saturated rings. The molecule has 2 N–H and O–H groups in total. The van der Waals surface area contributed by atoms with Gasteiger partial charge >= 0.3 is 0 Å². The largest absolute Gasteiger partial charge is 0.504 e. The molecule has 1 aliphatic rings. The van der Waals surface area contributed by atoms with Gasteiger partial charge in [0.05, 0.1) is 18.8 Å². The molecule has 2 aromatic carbocycles. The molecule has 4 rings (SSSR count). The van der Waals surface area contributed by atoms with Crippen molar-refractivity contribution in [3.8, 4) is 22.8 Å². The van der Waals surface area contributed by atoms with Gasteiger partial charge in [-0.2, -0.15) is 5.10 Å². The summed E-state index contributed by atoms with van der Waals surface area (Å²) in [5, 5.41) is 17.1. The number of aromatic hydroxyl groups is 1. The van der Waals surface area contributed by atoms with Crippen LogP contribution >= 0.6 is 0 Å². The number of hydrogen-bond acceptors (Lipinski definition) is 4. The van der Waals surface area contributed by atoms with E-state index in [2.05, 4.69) is 10.2 Å². The normalized spacial score (nSPS) is 16.2. The molecule has 1 unspecified atom stereocenters. The fraction of sp³-hybridized carbons (Fsp3) is 0.158. The lowest BCUT2D eigenvalue weighted by Crippen LogP contribution is -2.24. The van der Waals surface area contributed by atoms with E-state index in [4.69, 9.17) is 4.74 Å². The maximum absolute atomic E-state index is 12.6. The van der Waals surface area contributed by atoms with Gasteiger partial charge in [-0.05, 0) is 17.7 Å². The lowest BCUT2D eigenvalue weighted by molar-refractivity contribution is 0.0787. The highest BCUT2D eigenvalue weighted by molar-refractivity contribution is 6.00. The zero-order chi connectivity index (χ0) is 17.6. The Kier molecular flexibility index (Phi) is 3.46. The van der Waals surface area contributed by atoms with Crippen LogP contribution in [0.4, 0.5) is 0 Å². The van der Waals surface area contributed by atoms with Gasteiger partial charge < -0.3 is 14.7 Å². The number of amides is 1. The highest BCUT2D eigenvalue weighted by atomic mass is 16.5. The highest BCUT2D eigenvalue weighted by Crippen LogP contribution is 2.43. The van der Waals surface area contributed by atoms with Crippen LogP contribution in [-0.4, -0.2) is 40.3 Å². The molecule has 1 amide bonds. The van der Waals surface area contributed by atoms with Gasteiger partial charge in [-0.3, -0.25) is 9.89 Å². The molecule has 25 heavy (non-hydrogen) atoms. The summed E-state index contributed by atoms with van der Waals surface area (Å²) in [5.41, 5.74) is 3.89.